The third kappa shape index (κ3) is 1.16. The Hall–Kier alpha value is -1.22. The molecule has 3 nitrogen and oxygen atoms in total. The number of nitrogens with zero attached hydrogens (tertiary/aromatic N) is 2. The maximum atomic E-state index is 6.04. The van der Waals surface area contributed by atoms with Crippen LogP contribution in [0.1, 0.15) is 5.69 Å². The zero-order valence-electron chi connectivity index (χ0n) is 7.50. The molecule has 13 heavy (non-hydrogen) atoms. The molecular weight excluding hydrogens is 186 g/mol. The van der Waals surface area contributed by atoms with Gasteiger partial charge in [0.05, 0.1) is 16.2 Å². The molecule has 0 aliphatic rings. The molecule has 2 aromatic rings. The number of anilines is 1. The first-order valence-electron chi connectivity index (χ1n) is 3.98. The van der Waals surface area contributed by atoms with E-state index in [2.05, 4.69) is 5.10 Å². The summed E-state index contributed by atoms with van der Waals surface area (Å²) in [4.78, 5) is 0. The van der Waals surface area contributed by atoms with E-state index in [-0.39, 0.29) is 0 Å². The predicted octanol–water partition coefficient (Wildman–Crippen LogP) is 2.12. The fraction of sp³-hybridized carbons (Fsp3) is 0.222. The molecule has 1 heterocycles. The number of aromatic nitrogens is 2. The minimum atomic E-state index is 0.651. The molecule has 0 saturated carbocycles. The van der Waals surface area contributed by atoms with Gasteiger partial charge in [0.2, 0.25) is 0 Å². The predicted molar refractivity (Wildman–Crippen MR) is 54.9 cm³/mol. The molecule has 2 N–H and O–H groups in total. The molecule has 0 fully saturated rings. The van der Waals surface area contributed by atoms with Gasteiger partial charge < -0.3 is 5.73 Å². The van der Waals surface area contributed by atoms with Crippen LogP contribution in [0.4, 0.5) is 5.69 Å². The lowest BCUT2D eigenvalue weighted by molar-refractivity contribution is 0.783. The highest BCUT2D eigenvalue weighted by Crippen LogP contribution is 2.27. The standard InChI is InChI=1S/C9H10ClN3/c1-5-7-3-6(11)4-8(10)9(7)13(2)12-5/h3-4H,11H2,1-2H3. The number of aryl methyl sites for hydroxylation is 2. The van der Waals surface area contributed by atoms with Gasteiger partial charge in [-0.15, -0.1) is 0 Å². The van der Waals surface area contributed by atoms with Crippen LogP contribution in [0.5, 0.6) is 0 Å². The topological polar surface area (TPSA) is 43.8 Å². The molecule has 0 amide bonds. The molecule has 1 aromatic carbocycles. The number of hydrogen-bond donors (Lipinski definition) is 1. The Morgan fingerprint density at radius 2 is 2.15 bits per heavy atom. The SMILES string of the molecule is Cc1nn(C)c2c(Cl)cc(N)cc12. The van der Waals surface area contributed by atoms with Crippen LogP contribution >= 0.6 is 11.6 Å². The summed E-state index contributed by atoms with van der Waals surface area (Å²) < 4.78 is 1.77. The fourth-order valence-corrected chi connectivity index (χ4v) is 1.90. The van der Waals surface area contributed by atoms with Gasteiger partial charge in [-0.2, -0.15) is 5.10 Å². The quantitative estimate of drug-likeness (QED) is 0.655. The molecule has 0 bridgehead atoms. The Morgan fingerprint density at radius 3 is 2.85 bits per heavy atom. The van der Waals surface area contributed by atoms with E-state index >= 15 is 0 Å². The summed E-state index contributed by atoms with van der Waals surface area (Å²) in [5.74, 6) is 0. The van der Waals surface area contributed by atoms with E-state index in [0.29, 0.717) is 10.7 Å². The lowest BCUT2D eigenvalue weighted by atomic mass is 10.2. The largest absolute Gasteiger partial charge is 0.399 e. The van der Waals surface area contributed by atoms with E-state index in [4.69, 9.17) is 17.3 Å². The summed E-state index contributed by atoms with van der Waals surface area (Å²) in [7, 11) is 1.87. The van der Waals surface area contributed by atoms with Crippen molar-refractivity contribution in [1.29, 1.82) is 0 Å². The third-order valence-corrected chi connectivity index (χ3v) is 2.39. The maximum absolute atomic E-state index is 6.04. The van der Waals surface area contributed by atoms with Crippen LogP contribution in [0.15, 0.2) is 12.1 Å². The van der Waals surface area contributed by atoms with Crippen LogP contribution in [0.3, 0.4) is 0 Å². The maximum Gasteiger partial charge on any atom is 0.0869 e. The van der Waals surface area contributed by atoms with E-state index in [0.717, 1.165) is 16.6 Å². The van der Waals surface area contributed by atoms with Gasteiger partial charge in [-0.25, -0.2) is 0 Å². The summed E-state index contributed by atoms with van der Waals surface area (Å²) in [6, 6.07) is 3.63. The zero-order valence-corrected chi connectivity index (χ0v) is 8.26. The van der Waals surface area contributed by atoms with Crippen molar-refractivity contribution in [2.45, 2.75) is 6.92 Å². The number of nitrogen functional groups attached to an aromatic ring is 1. The van der Waals surface area contributed by atoms with Gasteiger partial charge in [0, 0.05) is 18.1 Å². The Bertz CT molecular complexity index is 473. The number of nitrogens with two attached hydrogens (primary N) is 1. The molecule has 0 aliphatic carbocycles. The van der Waals surface area contributed by atoms with Crippen LogP contribution in [0.25, 0.3) is 10.9 Å². The summed E-state index contributed by atoms with van der Waals surface area (Å²) in [5.41, 5.74) is 8.24. The van der Waals surface area contributed by atoms with Crippen LogP contribution in [0.2, 0.25) is 5.02 Å². The molecule has 4 heteroatoms. The zero-order chi connectivity index (χ0) is 9.59. The highest BCUT2D eigenvalue weighted by atomic mass is 35.5. The van der Waals surface area contributed by atoms with E-state index in [1.54, 1.807) is 10.7 Å². The van der Waals surface area contributed by atoms with Crippen molar-refractivity contribution in [2.24, 2.45) is 7.05 Å². The highest BCUT2D eigenvalue weighted by molar-refractivity contribution is 6.35. The molecule has 0 saturated heterocycles. The fourth-order valence-electron chi connectivity index (χ4n) is 1.55. The van der Waals surface area contributed by atoms with Crippen molar-refractivity contribution in [2.75, 3.05) is 5.73 Å². The first kappa shape index (κ1) is 8.38. The number of hydrogen-bond acceptors (Lipinski definition) is 2. The smallest absolute Gasteiger partial charge is 0.0869 e. The van der Waals surface area contributed by atoms with Crippen LogP contribution < -0.4 is 5.73 Å². The normalized spacial score (nSPS) is 11.0. The summed E-state index contributed by atoms with van der Waals surface area (Å²) in [6.45, 7) is 1.94. The molecule has 0 aliphatic heterocycles. The van der Waals surface area contributed by atoms with E-state index in [9.17, 15) is 0 Å². The monoisotopic (exact) mass is 195 g/mol. The van der Waals surface area contributed by atoms with Gasteiger partial charge in [0.1, 0.15) is 0 Å². The van der Waals surface area contributed by atoms with Gasteiger partial charge in [-0.1, -0.05) is 11.6 Å². The summed E-state index contributed by atoms with van der Waals surface area (Å²) >= 11 is 6.04. The van der Waals surface area contributed by atoms with E-state index < -0.39 is 0 Å². The van der Waals surface area contributed by atoms with E-state index in [1.807, 2.05) is 20.0 Å². The van der Waals surface area contributed by atoms with Crippen molar-refractivity contribution in [3.8, 4) is 0 Å². The molecule has 68 valence electrons. The number of rotatable bonds is 0. The molecule has 0 unspecified atom stereocenters. The molecular formula is C9H10ClN3. The second-order valence-electron chi connectivity index (χ2n) is 3.11. The molecule has 0 atom stereocenters. The van der Waals surface area contributed by atoms with Crippen LogP contribution in [-0.4, -0.2) is 9.78 Å². The number of benzene rings is 1. The molecule has 0 spiro atoms. The lowest BCUT2D eigenvalue weighted by Crippen LogP contribution is -1.91. The van der Waals surface area contributed by atoms with Crippen molar-refractivity contribution < 1.29 is 0 Å². The molecule has 2 rings (SSSR count). The van der Waals surface area contributed by atoms with Gasteiger partial charge in [0.15, 0.2) is 0 Å². The lowest BCUT2D eigenvalue weighted by Gasteiger charge is -1.99. The Kier molecular flexibility index (Phi) is 1.70. The minimum Gasteiger partial charge on any atom is -0.399 e. The van der Waals surface area contributed by atoms with Crippen molar-refractivity contribution in [3.63, 3.8) is 0 Å². The summed E-state index contributed by atoms with van der Waals surface area (Å²) in [5, 5.41) is 5.94. The van der Waals surface area contributed by atoms with Crippen molar-refractivity contribution in [3.05, 3.63) is 22.8 Å². The van der Waals surface area contributed by atoms with Crippen molar-refractivity contribution >= 4 is 28.2 Å². The minimum absolute atomic E-state index is 0.651. The average Bonchev–Trinajstić information content (AvgIpc) is 2.27. The van der Waals surface area contributed by atoms with Gasteiger partial charge >= 0.3 is 0 Å². The average molecular weight is 196 g/mol. The first-order valence-corrected chi connectivity index (χ1v) is 4.35. The van der Waals surface area contributed by atoms with Gasteiger partial charge in [0.25, 0.3) is 0 Å². The van der Waals surface area contributed by atoms with Crippen molar-refractivity contribution in [1.82, 2.24) is 9.78 Å². The molecule has 1 aromatic heterocycles. The second kappa shape index (κ2) is 2.64. The number of fused-ring (bicyclic) bond motifs is 1. The second-order valence-corrected chi connectivity index (χ2v) is 3.52. The highest BCUT2D eigenvalue weighted by Gasteiger charge is 2.08. The summed E-state index contributed by atoms with van der Waals surface area (Å²) in [6.07, 6.45) is 0. The number of halogens is 1. The Balaban J connectivity index is 2.97. The Morgan fingerprint density at radius 1 is 1.46 bits per heavy atom. The first-order chi connectivity index (χ1) is 6.09. The third-order valence-electron chi connectivity index (χ3n) is 2.10. The van der Waals surface area contributed by atoms with Crippen LogP contribution in [-0.2, 0) is 7.05 Å². The van der Waals surface area contributed by atoms with Crippen LogP contribution in [0, 0.1) is 6.92 Å². The van der Waals surface area contributed by atoms with E-state index in [1.165, 1.54) is 0 Å². The van der Waals surface area contributed by atoms with Gasteiger partial charge in [-0.05, 0) is 19.1 Å². The van der Waals surface area contributed by atoms with Gasteiger partial charge in [-0.3, -0.25) is 4.68 Å². The Labute approximate surface area is 81.1 Å². The molecule has 0 radical (unpaired) electrons.